The van der Waals surface area contributed by atoms with Gasteiger partial charge in [0.15, 0.2) is 5.82 Å². The summed E-state index contributed by atoms with van der Waals surface area (Å²) in [6, 6.07) is 4.77. The average molecular weight is 303 g/mol. The van der Waals surface area contributed by atoms with E-state index in [1.807, 2.05) is 13.3 Å². The van der Waals surface area contributed by atoms with E-state index in [0.29, 0.717) is 31.0 Å². The van der Waals surface area contributed by atoms with Gasteiger partial charge in [0, 0.05) is 26.2 Å². The van der Waals surface area contributed by atoms with Gasteiger partial charge in [-0.1, -0.05) is 16.8 Å². The number of aryl methyl sites for hydroxylation is 1. The number of amides is 1. The number of piperazine rings is 1. The topological polar surface area (TPSA) is 62.5 Å². The molecular formula is C15H16FN4O2. The number of nitrogens with zero attached hydrogens (tertiary/aromatic N) is 4. The van der Waals surface area contributed by atoms with Gasteiger partial charge in [-0.2, -0.15) is 4.98 Å². The molecule has 2 aromatic rings. The monoisotopic (exact) mass is 303 g/mol. The molecule has 1 aliphatic heterocycles. The molecule has 22 heavy (non-hydrogen) atoms. The second-order valence-corrected chi connectivity index (χ2v) is 5.35. The zero-order valence-electron chi connectivity index (χ0n) is 12.3. The Morgan fingerprint density at radius 2 is 2.09 bits per heavy atom. The number of rotatable bonds is 4. The molecule has 1 aromatic carbocycles. The van der Waals surface area contributed by atoms with E-state index in [0.717, 1.165) is 18.7 Å². The maximum Gasteiger partial charge on any atom is 0.312 e. The number of halogens is 1. The third-order valence-corrected chi connectivity index (χ3v) is 3.69. The third kappa shape index (κ3) is 3.14. The lowest BCUT2D eigenvalue weighted by atomic mass is 10.1. The molecule has 1 aromatic heterocycles. The number of hydrogen-bond acceptors (Lipinski definition) is 5. The molecule has 0 aliphatic carbocycles. The molecule has 1 saturated heterocycles. The molecule has 1 amide bonds. The fourth-order valence-corrected chi connectivity index (χ4v) is 2.43. The standard InChI is InChI=1S/C15H16FN4O2/c1-11-2-3-13(16)12(8-11)15-17-14(18-22-15)9-19-4-6-20(10-21)7-5-19/h2-3,8H,4-7,9H2,1H3. The van der Waals surface area contributed by atoms with Crippen LogP contribution in [0.5, 0.6) is 0 Å². The first-order valence-electron chi connectivity index (χ1n) is 7.10. The number of benzene rings is 1. The van der Waals surface area contributed by atoms with E-state index >= 15 is 0 Å². The summed E-state index contributed by atoms with van der Waals surface area (Å²) in [5, 5.41) is 3.91. The molecule has 0 saturated carbocycles. The van der Waals surface area contributed by atoms with Crippen LogP contribution in [-0.2, 0) is 11.3 Å². The lowest BCUT2D eigenvalue weighted by Gasteiger charge is -2.30. The van der Waals surface area contributed by atoms with Crippen molar-refractivity contribution >= 4 is 6.41 Å². The Balaban J connectivity index is 1.69. The van der Waals surface area contributed by atoms with Crippen LogP contribution in [0.3, 0.4) is 0 Å². The highest BCUT2D eigenvalue weighted by Crippen LogP contribution is 2.22. The fourth-order valence-electron chi connectivity index (χ4n) is 2.43. The summed E-state index contributed by atoms with van der Waals surface area (Å²) >= 11 is 0. The molecule has 115 valence electrons. The zero-order chi connectivity index (χ0) is 15.5. The predicted molar refractivity (Wildman–Crippen MR) is 77.0 cm³/mol. The quantitative estimate of drug-likeness (QED) is 0.853. The molecule has 3 rings (SSSR count). The summed E-state index contributed by atoms with van der Waals surface area (Å²) in [5.74, 6) is 0.325. The fraction of sp³-hybridized carbons (Fsp3) is 0.400. The van der Waals surface area contributed by atoms with Crippen LogP contribution in [0, 0.1) is 12.7 Å². The Morgan fingerprint density at radius 3 is 2.82 bits per heavy atom. The van der Waals surface area contributed by atoms with Gasteiger partial charge >= 0.3 is 6.41 Å². The minimum atomic E-state index is -0.379. The van der Waals surface area contributed by atoms with Gasteiger partial charge in [-0.25, -0.2) is 4.39 Å². The van der Waals surface area contributed by atoms with Crippen molar-refractivity contribution in [3.8, 4) is 11.5 Å². The van der Waals surface area contributed by atoms with Crippen molar-refractivity contribution in [2.45, 2.75) is 13.5 Å². The summed E-state index contributed by atoms with van der Waals surface area (Å²) in [5.41, 5.74) is 1.25. The Bertz CT molecular complexity index is 665. The zero-order valence-corrected chi connectivity index (χ0v) is 12.3. The van der Waals surface area contributed by atoms with E-state index < -0.39 is 0 Å². The Hall–Kier alpha value is -2.28. The first-order valence-corrected chi connectivity index (χ1v) is 7.10. The van der Waals surface area contributed by atoms with Crippen LogP contribution in [0.1, 0.15) is 11.4 Å². The molecule has 0 spiro atoms. The lowest BCUT2D eigenvalue weighted by Crippen LogP contribution is -2.45. The molecule has 0 bridgehead atoms. The third-order valence-electron chi connectivity index (χ3n) is 3.69. The van der Waals surface area contributed by atoms with Gasteiger partial charge in [0.2, 0.25) is 0 Å². The number of carbonyl (C=O) groups excluding carboxylic acids is 1. The van der Waals surface area contributed by atoms with E-state index in [1.54, 1.807) is 17.0 Å². The van der Waals surface area contributed by atoms with Crippen LogP contribution in [0.15, 0.2) is 22.7 Å². The number of hydrogen-bond donors (Lipinski definition) is 0. The van der Waals surface area contributed by atoms with E-state index in [1.165, 1.54) is 6.07 Å². The SMILES string of the molecule is Cc1ccc(F)c(-c2nc(CN3CCN([C]=O)CC3)no2)c1. The molecule has 6 nitrogen and oxygen atoms in total. The smallest absolute Gasteiger partial charge is 0.312 e. The largest absolute Gasteiger partial charge is 0.334 e. The van der Waals surface area contributed by atoms with Crippen LogP contribution in [-0.4, -0.2) is 52.5 Å². The second kappa shape index (κ2) is 6.23. The van der Waals surface area contributed by atoms with Gasteiger partial charge < -0.3 is 9.42 Å². The Kier molecular flexibility index (Phi) is 4.15. The minimum Gasteiger partial charge on any atom is -0.334 e. The lowest BCUT2D eigenvalue weighted by molar-refractivity contribution is 0.167. The predicted octanol–water partition coefficient (Wildman–Crippen LogP) is 1.37. The molecule has 1 aliphatic rings. The summed E-state index contributed by atoms with van der Waals surface area (Å²) < 4.78 is 19.0. The van der Waals surface area contributed by atoms with Crippen LogP contribution in [0.4, 0.5) is 4.39 Å². The molecule has 0 unspecified atom stereocenters. The molecule has 0 atom stereocenters. The van der Waals surface area contributed by atoms with Crippen LogP contribution in [0.2, 0.25) is 0 Å². The second-order valence-electron chi connectivity index (χ2n) is 5.35. The van der Waals surface area contributed by atoms with Crippen molar-refractivity contribution in [1.29, 1.82) is 0 Å². The van der Waals surface area contributed by atoms with Crippen molar-refractivity contribution in [3.05, 3.63) is 35.4 Å². The minimum absolute atomic E-state index is 0.191. The van der Waals surface area contributed by atoms with Gasteiger partial charge in [-0.3, -0.25) is 9.69 Å². The maximum absolute atomic E-state index is 13.8. The van der Waals surface area contributed by atoms with Crippen molar-refractivity contribution in [3.63, 3.8) is 0 Å². The normalized spacial score (nSPS) is 16.0. The van der Waals surface area contributed by atoms with Crippen molar-refractivity contribution in [2.24, 2.45) is 0 Å². The van der Waals surface area contributed by atoms with Crippen molar-refractivity contribution in [2.75, 3.05) is 26.2 Å². The van der Waals surface area contributed by atoms with Gasteiger partial charge in [0.25, 0.3) is 5.89 Å². The van der Waals surface area contributed by atoms with E-state index in [9.17, 15) is 9.18 Å². The number of aromatic nitrogens is 2. The van der Waals surface area contributed by atoms with Crippen molar-refractivity contribution in [1.82, 2.24) is 19.9 Å². The van der Waals surface area contributed by atoms with Gasteiger partial charge in [0.1, 0.15) is 5.82 Å². The Labute approximate surface area is 127 Å². The molecule has 2 heterocycles. The molecule has 1 fully saturated rings. The van der Waals surface area contributed by atoms with Gasteiger partial charge in [0.05, 0.1) is 12.1 Å². The molecule has 0 N–H and O–H groups in total. The first-order chi connectivity index (χ1) is 10.7. The van der Waals surface area contributed by atoms with Gasteiger partial charge in [-0.05, 0) is 19.1 Å². The van der Waals surface area contributed by atoms with Crippen LogP contribution in [0.25, 0.3) is 11.5 Å². The van der Waals surface area contributed by atoms with E-state index in [4.69, 9.17) is 4.52 Å². The highest BCUT2D eigenvalue weighted by atomic mass is 19.1. The molecule has 1 radical (unpaired) electrons. The van der Waals surface area contributed by atoms with Crippen molar-refractivity contribution < 1.29 is 13.7 Å². The highest BCUT2D eigenvalue weighted by molar-refractivity contribution is 5.55. The molecular weight excluding hydrogens is 287 g/mol. The first kappa shape index (κ1) is 14.6. The maximum atomic E-state index is 13.8. The van der Waals surface area contributed by atoms with Crippen LogP contribution < -0.4 is 0 Å². The van der Waals surface area contributed by atoms with E-state index in [-0.39, 0.29) is 11.7 Å². The summed E-state index contributed by atoms with van der Waals surface area (Å²) in [7, 11) is 0. The van der Waals surface area contributed by atoms with E-state index in [2.05, 4.69) is 15.0 Å². The Morgan fingerprint density at radius 1 is 1.32 bits per heavy atom. The molecule has 7 heteroatoms. The summed E-state index contributed by atoms with van der Waals surface area (Å²) in [4.78, 5) is 18.5. The highest BCUT2D eigenvalue weighted by Gasteiger charge is 2.19. The average Bonchev–Trinajstić information content (AvgIpc) is 2.99. The van der Waals surface area contributed by atoms with Gasteiger partial charge in [-0.15, -0.1) is 0 Å². The summed E-state index contributed by atoms with van der Waals surface area (Å²) in [6.07, 6.45) is 1.89. The summed E-state index contributed by atoms with van der Waals surface area (Å²) in [6.45, 7) is 5.14. The van der Waals surface area contributed by atoms with Crippen LogP contribution >= 0.6 is 0 Å².